The Bertz CT molecular complexity index is 310. The molecule has 3 nitrogen and oxygen atoms in total. The molecule has 0 amide bonds. The van der Waals surface area contributed by atoms with Gasteiger partial charge in [-0.1, -0.05) is 18.2 Å². The molecular weight excluding hydrogens is 182 g/mol. The van der Waals surface area contributed by atoms with Gasteiger partial charge in [-0.3, -0.25) is 0 Å². The van der Waals surface area contributed by atoms with E-state index < -0.39 is 0 Å². The minimum absolute atomic E-state index is 0.598. The van der Waals surface area contributed by atoms with Gasteiger partial charge in [0.25, 0.3) is 0 Å². The second kappa shape index (κ2) is 3.54. The molecule has 0 bridgehead atoms. The van der Waals surface area contributed by atoms with E-state index >= 15 is 0 Å². The Kier molecular flexibility index (Phi) is 2.40. The van der Waals surface area contributed by atoms with Gasteiger partial charge in [0.15, 0.2) is 5.16 Å². The smallest absolute Gasteiger partial charge is 0.189 e. The molecule has 0 unspecified atom stereocenters. The third-order valence-corrected chi connectivity index (χ3v) is 3.00. The summed E-state index contributed by atoms with van der Waals surface area (Å²) in [5.74, 6) is 1.23. The lowest BCUT2D eigenvalue weighted by Gasteiger charge is -2.24. The maximum atomic E-state index is 5.69. The van der Waals surface area contributed by atoms with Gasteiger partial charge in [0.2, 0.25) is 0 Å². The van der Waals surface area contributed by atoms with Crippen molar-refractivity contribution in [3.05, 3.63) is 11.8 Å². The molecule has 70 valence electrons. The molecule has 1 aromatic heterocycles. The van der Waals surface area contributed by atoms with Crippen molar-refractivity contribution in [1.82, 2.24) is 9.97 Å². The molecule has 0 spiro atoms. The fourth-order valence-corrected chi connectivity index (χ4v) is 1.86. The third kappa shape index (κ3) is 1.77. The first-order valence-electron chi connectivity index (χ1n) is 4.48. The van der Waals surface area contributed by atoms with Crippen LogP contribution in [0.5, 0.6) is 0 Å². The first-order valence-corrected chi connectivity index (χ1v) is 5.70. The molecule has 4 heteroatoms. The molecule has 0 atom stereocenters. The second-order valence-electron chi connectivity index (χ2n) is 3.33. The van der Waals surface area contributed by atoms with Crippen LogP contribution in [-0.2, 0) is 0 Å². The lowest BCUT2D eigenvalue weighted by molar-refractivity contribution is 0.408. The predicted octanol–water partition coefficient (Wildman–Crippen LogP) is 2.05. The van der Waals surface area contributed by atoms with Crippen molar-refractivity contribution in [2.75, 3.05) is 12.0 Å². The number of nitrogens with zero attached hydrogens (tertiary/aromatic N) is 2. The van der Waals surface area contributed by atoms with Crippen LogP contribution in [0.2, 0.25) is 0 Å². The van der Waals surface area contributed by atoms with E-state index in [4.69, 9.17) is 5.73 Å². The summed E-state index contributed by atoms with van der Waals surface area (Å²) >= 11 is 1.55. The number of rotatable bonds is 2. The molecule has 1 saturated carbocycles. The largest absolute Gasteiger partial charge is 0.384 e. The summed E-state index contributed by atoms with van der Waals surface area (Å²) in [5, 5.41) is 0.793. The molecule has 0 aromatic carbocycles. The monoisotopic (exact) mass is 195 g/mol. The van der Waals surface area contributed by atoms with Gasteiger partial charge < -0.3 is 5.73 Å². The van der Waals surface area contributed by atoms with E-state index in [0.717, 1.165) is 10.9 Å². The van der Waals surface area contributed by atoms with E-state index in [1.165, 1.54) is 19.3 Å². The zero-order chi connectivity index (χ0) is 9.26. The highest BCUT2D eigenvalue weighted by molar-refractivity contribution is 7.98. The van der Waals surface area contributed by atoms with Crippen molar-refractivity contribution in [3.63, 3.8) is 0 Å². The number of nitrogens with two attached hydrogens (primary N) is 1. The van der Waals surface area contributed by atoms with E-state index in [-0.39, 0.29) is 0 Å². The molecule has 2 N–H and O–H groups in total. The quantitative estimate of drug-likeness (QED) is 0.579. The van der Waals surface area contributed by atoms with Crippen molar-refractivity contribution >= 4 is 17.6 Å². The average molecular weight is 195 g/mol. The van der Waals surface area contributed by atoms with Crippen LogP contribution in [0, 0.1) is 0 Å². The number of hydrogen-bond acceptors (Lipinski definition) is 4. The van der Waals surface area contributed by atoms with Crippen molar-refractivity contribution < 1.29 is 0 Å². The van der Waals surface area contributed by atoms with Crippen LogP contribution >= 0.6 is 11.8 Å². The van der Waals surface area contributed by atoms with E-state index in [0.29, 0.717) is 11.7 Å². The highest BCUT2D eigenvalue weighted by Gasteiger charge is 2.21. The second-order valence-corrected chi connectivity index (χ2v) is 4.11. The fourth-order valence-electron chi connectivity index (χ4n) is 1.47. The van der Waals surface area contributed by atoms with Crippen molar-refractivity contribution in [2.45, 2.75) is 30.3 Å². The third-order valence-electron chi connectivity index (χ3n) is 2.45. The number of hydrogen-bond donors (Lipinski definition) is 1. The molecule has 1 fully saturated rings. The molecule has 0 saturated heterocycles. The maximum Gasteiger partial charge on any atom is 0.189 e. The fraction of sp³-hybridized carbons (Fsp3) is 0.556. The molecule has 1 heterocycles. The van der Waals surface area contributed by atoms with E-state index in [2.05, 4.69) is 9.97 Å². The van der Waals surface area contributed by atoms with Gasteiger partial charge in [-0.2, -0.15) is 0 Å². The predicted molar refractivity (Wildman–Crippen MR) is 54.8 cm³/mol. The van der Waals surface area contributed by atoms with E-state index in [1.807, 2.05) is 12.3 Å². The van der Waals surface area contributed by atoms with E-state index in [1.54, 1.807) is 11.8 Å². The molecule has 1 aromatic rings. The maximum absolute atomic E-state index is 5.69. The van der Waals surface area contributed by atoms with Gasteiger partial charge in [-0.25, -0.2) is 9.97 Å². The van der Waals surface area contributed by atoms with Crippen LogP contribution in [0.4, 0.5) is 5.82 Å². The summed E-state index contributed by atoms with van der Waals surface area (Å²) in [5.41, 5.74) is 6.82. The normalized spacial score (nSPS) is 17.0. The van der Waals surface area contributed by atoms with Gasteiger partial charge in [-0.15, -0.1) is 0 Å². The van der Waals surface area contributed by atoms with Gasteiger partial charge in [0, 0.05) is 12.0 Å². The standard InChI is InChI=1S/C9H13N3S/c1-13-9-11-7(5-8(10)12-9)6-3-2-4-6/h5-6H,2-4H2,1H3,(H2,10,11,12). The van der Waals surface area contributed by atoms with Gasteiger partial charge in [-0.05, 0) is 19.1 Å². The SMILES string of the molecule is CSc1nc(N)cc(C2CCC2)n1. The molecule has 1 aliphatic rings. The number of anilines is 1. The summed E-state index contributed by atoms with van der Waals surface area (Å²) in [4.78, 5) is 8.57. The number of nitrogen functional groups attached to an aromatic ring is 1. The average Bonchev–Trinajstić information content (AvgIpc) is 2.00. The van der Waals surface area contributed by atoms with Crippen LogP contribution in [-0.4, -0.2) is 16.2 Å². The summed E-state index contributed by atoms with van der Waals surface area (Å²) in [6, 6.07) is 1.91. The Morgan fingerprint density at radius 2 is 2.23 bits per heavy atom. The van der Waals surface area contributed by atoms with Crippen LogP contribution < -0.4 is 5.73 Å². The topological polar surface area (TPSA) is 51.8 Å². The van der Waals surface area contributed by atoms with Crippen LogP contribution in [0.3, 0.4) is 0 Å². The Morgan fingerprint density at radius 1 is 1.46 bits per heavy atom. The Labute approximate surface area is 82.2 Å². The van der Waals surface area contributed by atoms with Gasteiger partial charge >= 0.3 is 0 Å². The minimum atomic E-state index is 0.598. The van der Waals surface area contributed by atoms with Crippen LogP contribution in [0.25, 0.3) is 0 Å². The molecule has 13 heavy (non-hydrogen) atoms. The van der Waals surface area contributed by atoms with Crippen LogP contribution in [0.1, 0.15) is 30.9 Å². The Hall–Kier alpha value is -0.770. The zero-order valence-electron chi connectivity index (χ0n) is 7.66. The minimum Gasteiger partial charge on any atom is -0.384 e. The summed E-state index contributed by atoms with van der Waals surface area (Å²) < 4.78 is 0. The Balaban J connectivity index is 2.28. The number of thioether (sulfide) groups is 1. The highest BCUT2D eigenvalue weighted by atomic mass is 32.2. The summed E-state index contributed by atoms with van der Waals surface area (Å²) in [6.07, 6.45) is 5.80. The molecule has 0 radical (unpaired) electrons. The lowest BCUT2D eigenvalue weighted by atomic mass is 9.83. The van der Waals surface area contributed by atoms with Crippen LogP contribution in [0.15, 0.2) is 11.2 Å². The zero-order valence-corrected chi connectivity index (χ0v) is 8.47. The highest BCUT2D eigenvalue weighted by Crippen LogP contribution is 2.36. The molecule has 1 aliphatic carbocycles. The number of aromatic nitrogens is 2. The molecule has 0 aliphatic heterocycles. The van der Waals surface area contributed by atoms with Crippen molar-refractivity contribution in [1.29, 1.82) is 0 Å². The Morgan fingerprint density at radius 3 is 2.77 bits per heavy atom. The van der Waals surface area contributed by atoms with Crippen molar-refractivity contribution in [3.8, 4) is 0 Å². The van der Waals surface area contributed by atoms with Gasteiger partial charge in [0.05, 0.1) is 5.69 Å². The first kappa shape index (κ1) is 8.81. The lowest BCUT2D eigenvalue weighted by Crippen LogP contribution is -2.12. The molecular formula is C9H13N3S. The van der Waals surface area contributed by atoms with E-state index in [9.17, 15) is 0 Å². The first-order chi connectivity index (χ1) is 6.29. The van der Waals surface area contributed by atoms with Gasteiger partial charge in [0.1, 0.15) is 5.82 Å². The van der Waals surface area contributed by atoms with Crippen molar-refractivity contribution in [2.24, 2.45) is 0 Å². The molecule has 2 rings (SSSR count). The summed E-state index contributed by atoms with van der Waals surface area (Å²) in [6.45, 7) is 0. The summed E-state index contributed by atoms with van der Waals surface area (Å²) in [7, 11) is 0.